The van der Waals surface area contributed by atoms with Crippen molar-refractivity contribution in [2.75, 3.05) is 0 Å². The smallest absolute Gasteiger partial charge is 0.337 e. The molecule has 0 fully saturated rings. The Labute approximate surface area is 142 Å². The number of nitrogens with zero attached hydrogens (tertiary/aromatic N) is 1. The molecule has 5 heteroatoms. The Kier molecular flexibility index (Phi) is 5.79. The normalized spacial score (nSPS) is 12.0. The molecule has 0 unspecified atom stereocenters. The van der Waals surface area contributed by atoms with E-state index < -0.39 is 5.97 Å². The van der Waals surface area contributed by atoms with Crippen molar-refractivity contribution in [3.63, 3.8) is 0 Å². The fourth-order valence-corrected chi connectivity index (χ4v) is 2.92. The van der Waals surface area contributed by atoms with Gasteiger partial charge in [-0.1, -0.05) is 30.3 Å². The highest BCUT2D eigenvalue weighted by Gasteiger charge is 2.20. The van der Waals surface area contributed by atoms with Crippen LogP contribution < -0.4 is 5.32 Å². The van der Waals surface area contributed by atoms with Crippen LogP contribution in [-0.4, -0.2) is 27.6 Å². The minimum Gasteiger partial charge on any atom is -0.478 e. The molecule has 0 aliphatic rings. The third kappa shape index (κ3) is 4.47. The van der Waals surface area contributed by atoms with E-state index in [0.29, 0.717) is 11.3 Å². The number of amides is 1. The zero-order valence-electron chi connectivity index (χ0n) is 14.4. The van der Waals surface area contributed by atoms with E-state index in [2.05, 4.69) is 17.4 Å². The van der Waals surface area contributed by atoms with Crippen molar-refractivity contribution in [2.45, 2.75) is 39.2 Å². The topological polar surface area (TPSA) is 71.3 Å². The van der Waals surface area contributed by atoms with Crippen LogP contribution in [0.15, 0.2) is 36.5 Å². The molecular formula is C19H24N2O3. The quantitative estimate of drug-likeness (QED) is 0.821. The molecule has 5 nitrogen and oxygen atoms in total. The van der Waals surface area contributed by atoms with Crippen LogP contribution in [0, 0.1) is 6.92 Å². The molecule has 1 amide bonds. The number of hydrogen-bond donors (Lipinski definition) is 2. The Bertz CT molecular complexity index is 720. The number of aryl methyl sites for hydroxylation is 3. The molecule has 1 heterocycles. The van der Waals surface area contributed by atoms with Crippen molar-refractivity contribution >= 4 is 11.9 Å². The van der Waals surface area contributed by atoms with Crippen molar-refractivity contribution in [2.24, 2.45) is 7.05 Å². The minimum atomic E-state index is -0.993. The van der Waals surface area contributed by atoms with Crippen molar-refractivity contribution in [1.82, 2.24) is 9.88 Å². The first-order chi connectivity index (χ1) is 11.4. The average molecular weight is 328 g/mol. The molecule has 0 aliphatic heterocycles. The molecule has 0 radical (unpaired) electrons. The van der Waals surface area contributed by atoms with Crippen LogP contribution in [0.25, 0.3) is 0 Å². The summed E-state index contributed by atoms with van der Waals surface area (Å²) in [6.45, 7) is 3.71. The molecule has 2 aromatic rings. The Morgan fingerprint density at radius 1 is 1.25 bits per heavy atom. The van der Waals surface area contributed by atoms with Gasteiger partial charge in [0.15, 0.2) is 0 Å². The molecule has 1 atom stereocenters. The maximum atomic E-state index is 12.3. The van der Waals surface area contributed by atoms with Gasteiger partial charge in [0.1, 0.15) is 0 Å². The van der Waals surface area contributed by atoms with Crippen LogP contribution in [-0.2, 0) is 24.7 Å². The van der Waals surface area contributed by atoms with E-state index >= 15 is 0 Å². The number of aromatic carboxylic acids is 1. The maximum Gasteiger partial charge on any atom is 0.337 e. The predicted octanol–water partition coefficient (Wildman–Crippen LogP) is 2.71. The summed E-state index contributed by atoms with van der Waals surface area (Å²) >= 11 is 0. The molecule has 128 valence electrons. The van der Waals surface area contributed by atoms with Gasteiger partial charge in [0.2, 0.25) is 5.91 Å². The average Bonchev–Trinajstić information content (AvgIpc) is 2.80. The summed E-state index contributed by atoms with van der Waals surface area (Å²) in [4.78, 5) is 23.6. The van der Waals surface area contributed by atoms with Gasteiger partial charge in [-0.2, -0.15) is 0 Å². The summed E-state index contributed by atoms with van der Waals surface area (Å²) in [5, 5.41) is 12.3. The van der Waals surface area contributed by atoms with Crippen molar-refractivity contribution in [1.29, 1.82) is 0 Å². The summed E-state index contributed by atoms with van der Waals surface area (Å²) < 4.78 is 1.72. The van der Waals surface area contributed by atoms with E-state index in [4.69, 9.17) is 0 Å². The van der Waals surface area contributed by atoms with Crippen LogP contribution in [0.4, 0.5) is 0 Å². The number of hydrogen-bond acceptors (Lipinski definition) is 2. The number of aromatic nitrogens is 1. The lowest BCUT2D eigenvalue weighted by Gasteiger charge is -2.14. The second-order valence-electron chi connectivity index (χ2n) is 6.22. The fourth-order valence-electron chi connectivity index (χ4n) is 2.92. The second kappa shape index (κ2) is 7.81. The predicted molar refractivity (Wildman–Crippen MR) is 93.2 cm³/mol. The lowest BCUT2D eigenvalue weighted by atomic mass is 10.1. The highest BCUT2D eigenvalue weighted by molar-refractivity contribution is 5.93. The van der Waals surface area contributed by atoms with Crippen LogP contribution in [0.5, 0.6) is 0 Å². The monoisotopic (exact) mass is 328 g/mol. The van der Waals surface area contributed by atoms with E-state index in [9.17, 15) is 14.7 Å². The Balaban J connectivity index is 1.92. The molecule has 2 rings (SSSR count). The molecule has 0 saturated heterocycles. The number of carboxylic acids is 1. The summed E-state index contributed by atoms with van der Waals surface area (Å²) in [6, 6.07) is 10.2. The number of benzene rings is 1. The first-order valence-electron chi connectivity index (χ1n) is 8.10. The van der Waals surface area contributed by atoms with Crippen molar-refractivity contribution < 1.29 is 14.7 Å². The van der Waals surface area contributed by atoms with Gasteiger partial charge >= 0.3 is 5.97 Å². The van der Waals surface area contributed by atoms with Crippen LogP contribution in [0.1, 0.15) is 40.5 Å². The molecule has 2 N–H and O–H groups in total. The van der Waals surface area contributed by atoms with Crippen LogP contribution in [0.2, 0.25) is 0 Å². The molecule has 1 aromatic heterocycles. The first kappa shape index (κ1) is 17.8. The van der Waals surface area contributed by atoms with Crippen LogP contribution in [0.3, 0.4) is 0 Å². The molecule has 24 heavy (non-hydrogen) atoms. The first-order valence-corrected chi connectivity index (χ1v) is 8.10. The zero-order chi connectivity index (χ0) is 17.7. The highest BCUT2D eigenvalue weighted by Crippen LogP contribution is 2.17. The molecule has 0 spiro atoms. The molecule has 0 saturated carbocycles. The number of carbonyl (C=O) groups is 2. The van der Waals surface area contributed by atoms with E-state index in [1.54, 1.807) is 24.7 Å². The molecule has 0 bridgehead atoms. The largest absolute Gasteiger partial charge is 0.478 e. The van der Waals surface area contributed by atoms with Gasteiger partial charge in [-0.15, -0.1) is 0 Å². The second-order valence-corrected chi connectivity index (χ2v) is 6.22. The van der Waals surface area contributed by atoms with E-state index in [0.717, 1.165) is 12.8 Å². The molecule has 0 aliphatic carbocycles. The minimum absolute atomic E-state index is 0.0346. The highest BCUT2D eigenvalue weighted by atomic mass is 16.4. The SMILES string of the molecule is Cc1cn(C)c(CC(=O)N[C@@H](C)CCc2ccccc2)c1C(=O)O. The van der Waals surface area contributed by atoms with Gasteiger partial charge in [-0.25, -0.2) is 4.79 Å². The van der Waals surface area contributed by atoms with Gasteiger partial charge in [0, 0.05) is 25.0 Å². The van der Waals surface area contributed by atoms with E-state index in [1.807, 2.05) is 25.1 Å². The lowest BCUT2D eigenvalue weighted by Crippen LogP contribution is -2.34. The van der Waals surface area contributed by atoms with E-state index in [-0.39, 0.29) is 23.9 Å². The zero-order valence-corrected chi connectivity index (χ0v) is 14.4. The standard InChI is InChI=1S/C19H24N2O3/c1-13-12-21(3)16(18(13)19(23)24)11-17(22)20-14(2)9-10-15-7-5-4-6-8-15/h4-8,12,14H,9-11H2,1-3H3,(H,20,22)(H,23,24)/t14-/m0/s1. The maximum absolute atomic E-state index is 12.3. The van der Waals surface area contributed by atoms with Gasteiger partial charge < -0.3 is 15.0 Å². The third-order valence-electron chi connectivity index (χ3n) is 4.15. The van der Waals surface area contributed by atoms with Gasteiger partial charge in [-0.05, 0) is 37.8 Å². The summed E-state index contributed by atoms with van der Waals surface area (Å²) in [7, 11) is 1.76. The summed E-state index contributed by atoms with van der Waals surface area (Å²) in [5.74, 6) is -1.15. The molecule has 1 aromatic carbocycles. The number of nitrogens with one attached hydrogen (secondary N) is 1. The Morgan fingerprint density at radius 2 is 1.92 bits per heavy atom. The molecular weight excluding hydrogens is 304 g/mol. The number of carboxylic acid groups (broad SMARTS) is 1. The van der Waals surface area contributed by atoms with Gasteiger partial charge in [0.25, 0.3) is 0 Å². The summed E-state index contributed by atoms with van der Waals surface area (Å²) in [5.41, 5.74) is 2.67. The van der Waals surface area contributed by atoms with E-state index in [1.165, 1.54) is 5.56 Å². The van der Waals surface area contributed by atoms with Gasteiger partial charge in [0.05, 0.1) is 12.0 Å². The fraction of sp³-hybridized carbons (Fsp3) is 0.368. The number of rotatable bonds is 7. The Morgan fingerprint density at radius 3 is 2.54 bits per heavy atom. The lowest BCUT2D eigenvalue weighted by molar-refractivity contribution is -0.121. The Hall–Kier alpha value is -2.56. The summed E-state index contributed by atoms with van der Waals surface area (Å²) in [6.07, 6.45) is 3.55. The van der Waals surface area contributed by atoms with Crippen molar-refractivity contribution in [3.05, 3.63) is 58.9 Å². The van der Waals surface area contributed by atoms with Crippen molar-refractivity contribution in [3.8, 4) is 0 Å². The number of carbonyl (C=O) groups excluding carboxylic acids is 1. The van der Waals surface area contributed by atoms with Crippen LogP contribution >= 0.6 is 0 Å². The third-order valence-corrected chi connectivity index (χ3v) is 4.15. The van der Waals surface area contributed by atoms with Gasteiger partial charge in [-0.3, -0.25) is 4.79 Å².